The lowest BCUT2D eigenvalue weighted by Gasteiger charge is -2.47. The molecule has 1 N–H and O–H groups in total. The van der Waals surface area contributed by atoms with Crippen LogP contribution in [0.15, 0.2) is 55.6 Å². The summed E-state index contributed by atoms with van der Waals surface area (Å²) in [6.07, 6.45) is 5.43. The summed E-state index contributed by atoms with van der Waals surface area (Å²) in [5, 5.41) is 9.73. The molecule has 0 saturated carbocycles. The fraction of sp³-hybridized carbons (Fsp3) is 0.629. The Morgan fingerprint density at radius 3 is 2.33 bits per heavy atom. The van der Waals surface area contributed by atoms with E-state index in [2.05, 4.69) is 54.7 Å². The van der Waals surface area contributed by atoms with Gasteiger partial charge in [-0.1, -0.05) is 70.2 Å². The summed E-state index contributed by atoms with van der Waals surface area (Å²) in [4.78, 5) is 49.3. The second-order valence-corrected chi connectivity index (χ2v) is 16.0. The smallest absolute Gasteiger partial charge is 0.247 e. The van der Waals surface area contributed by atoms with Crippen LogP contribution >= 0.6 is 11.8 Å². The highest BCUT2D eigenvalue weighted by atomic mass is 32.2. The van der Waals surface area contributed by atoms with Gasteiger partial charge in [-0.25, -0.2) is 0 Å². The molecule has 1 spiro atoms. The lowest BCUT2D eigenvalue weighted by molar-refractivity contribution is -0.147. The third kappa shape index (κ3) is 6.19. The van der Waals surface area contributed by atoms with Gasteiger partial charge in [-0.05, 0) is 50.0 Å². The van der Waals surface area contributed by atoms with Crippen LogP contribution in [0.2, 0.25) is 0 Å². The van der Waals surface area contributed by atoms with Gasteiger partial charge in [0.2, 0.25) is 17.7 Å². The standard InChI is InChI=1S/C35H51N3O4S/c1-9-17-36(22-25-15-12-11-13-16-25)30(40)27-26-21-24(3)35(43-26)28(27)31(41)37(19-14-20-39)29(35)32(42)38(18-10-2)34(7,8)23-33(4,5)6/h9-13,15-16,24,26-29,39H,1-2,14,17-23H2,3-8H3/t24?,26-,27+,28-,29?,35?/m0/s1. The minimum absolute atomic E-state index is 0.0230. The summed E-state index contributed by atoms with van der Waals surface area (Å²) in [5.74, 6) is -1.28. The lowest BCUT2D eigenvalue weighted by atomic mass is 9.65. The van der Waals surface area contributed by atoms with Gasteiger partial charge in [-0.3, -0.25) is 14.4 Å². The molecule has 3 amide bonds. The zero-order valence-corrected chi connectivity index (χ0v) is 27.7. The summed E-state index contributed by atoms with van der Waals surface area (Å²) < 4.78 is -0.710. The molecule has 236 valence electrons. The molecular weight excluding hydrogens is 558 g/mol. The fourth-order valence-electron chi connectivity index (χ4n) is 8.27. The first-order chi connectivity index (χ1) is 20.2. The van der Waals surface area contributed by atoms with Gasteiger partial charge in [-0.15, -0.1) is 24.9 Å². The average molecular weight is 610 g/mol. The van der Waals surface area contributed by atoms with Crippen molar-refractivity contribution in [3.63, 3.8) is 0 Å². The maximum Gasteiger partial charge on any atom is 0.247 e. The Morgan fingerprint density at radius 2 is 1.74 bits per heavy atom. The lowest BCUT2D eigenvalue weighted by Crippen LogP contribution is -2.61. The van der Waals surface area contributed by atoms with E-state index in [1.54, 1.807) is 28.8 Å². The van der Waals surface area contributed by atoms with Gasteiger partial charge in [0.1, 0.15) is 6.04 Å². The predicted molar refractivity (Wildman–Crippen MR) is 174 cm³/mol. The van der Waals surface area contributed by atoms with Gasteiger partial charge in [0.25, 0.3) is 0 Å². The molecule has 1 aromatic rings. The predicted octanol–water partition coefficient (Wildman–Crippen LogP) is 5.15. The van der Waals surface area contributed by atoms with E-state index in [4.69, 9.17) is 0 Å². The summed E-state index contributed by atoms with van der Waals surface area (Å²) >= 11 is 1.70. The maximum absolute atomic E-state index is 14.9. The zero-order chi connectivity index (χ0) is 31.7. The number of hydrogen-bond acceptors (Lipinski definition) is 5. The van der Waals surface area contributed by atoms with Crippen molar-refractivity contribution in [2.24, 2.45) is 23.2 Å². The number of benzene rings is 1. The molecule has 0 aliphatic carbocycles. The van der Waals surface area contributed by atoms with Crippen molar-refractivity contribution < 1.29 is 19.5 Å². The first-order valence-electron chi connectivity index (χ1n) is 15.7. The topological polar surface area (TPSA) is 81.2 Å². The number of amides is 3. The molecule has 1 aromatic carbocycles. The van der Waals surface area contributed by atoms with Crippen molar-refractivity contribution >= 4 is 29.5 Å². The number of hydrogen-bond donors (Lipinski definition) is 1. The van der Waals surface area contributed by atoms with Gasteiger partial charge in [0.05, 0.1) is 16.6 Å². The number of carbonyl (C=O) groups is 3. The Bertz CT molecular complexity index is 1210. The third-order valence-electron chi connectivity index (χ3n) is 9.47. The molecule has 8 heteroatoms. The number of rotatable bonds is 13. The molecule has 7 nitrogen and oxygen atoms in total. The van der Waals surface area contributed by atoms with E-state index < -0.39 is 28.2 Å². The Balaban J connectivity index is 1.76. The molecule has 3 unspecified atom stereocenters. The van der Waals surface area contributed by atoms with Crippen LogP contribution in [0, 0.1) is 23.2 Å². The van der Waals surface area contributed by atoms with Gasteiger partial charge < -0.3 is 19.8 Å². The van der Waals surface area contributed by atoms with Crippen LogP contribution in [0.3, 0.4) is 0 Å². The number of thioether (sulfide) groups is 1. The van der Waals surface area contributed by atoms with Gasteiger partial charge in [0.15, 0.2) is 0 Å². The highest BCUT2D eigenvalue weighted by Crippen LogP contribution is 2.69. The van der Waals surface area contributed by atoms with Crippen molar-refractivity contribution in [2.75, 3.05) is 26.2 Å². The Hall–Kier alpha value is -2.58. The monoisotopic (exact) mass is 609 g/mol. The highest BCUT2D eigenvalue weighted by Gasteiger charge is 2.76. The SMILES string of the molecule is C=CCN(Cc1ccccc1)C(=O)[C@@H]1[C@@H]2CC(C)C3(S2)C(C(=O)N(CC=C)C(C)(C)CC(C)(C)C)N(CCCO)C(=O)[C@H]13. The van der Waals surface area contributed by atoms with Crippen molar-refractivity contribution in [2.45, 2.75) is 88.9 Å². The second-order valence-electron chi connectivity index (χ2n) is 14.4. The Kier molecular flexibility index (Phi) is 9.92. The molecule has 3 heterocycles. The summed E-state index contributed by atoms with van der Waals surface area (Å²) in [5.41, 5.74) is 0.512. The van der Waals surface area contributed by atoms with Crippen LogP contribution in [-0.4, -0.2) is 85.3 Å². The molecule has 2 bridgehead atoms. The Morgan fingerprint density at radius 1 is 1.09 bits per heavy atom. The first-order valence-corrected chi connectivity index (χ1v) is 16.6. The van der Waals surface area contributed by atoms with Crippen LogP contribution < -0.4 is 0 Å². The van der Waals surface area contributed by atoms with Crippen LogP contribution in [0.5, 0.6) is 0 Å². The minimum Gasteiger partial charge on any atom is -0.396 e. The van der Waals surface area contributed by atoms with E-state index in [1.165, 1.54) is 0 Å². The van der Waals surface area contributed by atoms with Gasteiger partial charge in [0, 0.05) is 43.6 Å². The largest absolute Gasteiger partial charge is 0.396 e. The molecule has 4 rings (SSSR count). The van der Waals surface area contributed by atoms with Crippen LogP contribution in [0.4, 0.5) is 0 Å². The van der Waals surface area contributed by atoms with Crippen molar-refractivity contribution in [1.82, 2.24) is 14.7 Å². The number of aliphatic hydroxyl groups excluding tert-OH is 1. The normalized spacial score (nSPS) is 28.1. The minimum atomic E-state index is -0.710. The van der Waals surface area contributed by atoms with E-state index >= 15 is 0 Å². The molecule has 6 atom stereocenters. The molecule has 3 aliphatic rings. The van der Waals surface area contributed by atoms with E-state index in [9.17, 15) is 19.5 Å². The molecule has 3 fully saturated rings. The quantitative estimate of drug-likeness (QED) is 0.313. The summed E-state index contributed by atoms with van der Waals surface area (Å²) in [6, 6.07) is 9.17. The number of nitrogens with zero attached hydrogens (tertiary/aromatic N) is 3. The number of carbonyl (C=O) groups excluding carboxylic acids is 3. The van der Waals surface area contributed by atoms with Crippen molar-refractivity contribution in [3.8, 4) is 0 Å². The van der Waals surface area contributed by atoms with Crippen LogP contribution in [-0.2, 0) is 20.9 Å². The fourth-order valence-corrected chi connectivity index (χ4v) is 10.7. The Labute approximate surface area is 262 Å². The molecule has 0 radical (unpaired) electrons. The van der Waals surface area contributed by atoms with Crippen molar-refractivity contribution in [3.05, 3.63) is 61.2 Å². The third-order valence-corrected chi connectivity index (χ3v) is 11.5. The average Bonchev–Trinajstić information content (AvgIpc) is 3.52. The molecular formula is C35H51N3O4S. The summed E-state index contributed by atoms with van der Waals surface area (Å²) in [6.45, 7) is 22.1. The van der Waals surface area contributed by atoms with Crippen molar-refractivity contribution in [1.29, 1.82) is 0 Å². The number of fused-ring (bicyclic) bond motifs is 1. The molecule has 43 heavy (non-hydrogen) atoms. The van der Waals surface area contributed by atoms with E-state index in [0.29, 0.717) is 26.1 Å². The van der Waals surface area contributed by atoms with Crippen LogP contribution in [0.25, 0.3) is 0 Å². The first kappa shape index (κ1) is 33.3. The highest BCUT2D eigenvalue weighted by molar-refractivity contribution is 8.02. The van der Waals surface area contributed by atoms with Gasteiger partial charge in [-0.2, -0.15) is 0 Å². The second kappa shape index (κ2) is 12.8. The molecule has 0 aromatic heterocycles. The summed E-state index contributed by atoms with van der Waals surface area (Å²) in [7, 11) is 0. The number of likely N-dealkylation sites (tertiary alicyclic amines) is 1. The van der Waals surface area contributed by atoms with E-state index in [-0.39, 0.29) is 47.5 Å². The van der Waals surface area contributed by atoms with Gasteiger partial charge >= 0.3 is 0 Å². The number of aliphatic hydroxyl groups is 1. The molecule has 3 aliphatic heterocycles. The van der Waals surface area contributed by atoms with E-state index in [0.717, 1.165) is 18.4 Å². The van der Waals surface area contributed by atoms with Crippen LogP contribution in [0.1, 0.15) is 66.4 Å². The maximum atomic E-state index is 14.9. The van der Waals surface area contributed by atoms with E-state index in [1.807, 2.05) is 40.1 Å². The zero-order valence-electron chi connectivity index (χ0n) is 26.9. The molecule has 3 saturated heterocycles.